The number of rotatable bonds is 2. The Morgan fingerprint density at radius 2 is 1.52 bits per heavy atom. The quantitative estimate of drug-likeness (QED) is 0.856. The molecule has 0 bridgehead atoms. The van der Waals surface area contributed by atoms with Crippen molar-refractivity contribution in [3.8, 4) is 0 Å². The van der Waals surface area contributed by atoms with E-state index in [4.69, 9.17) is 0 Å². The maximum atomic E-state index is 3.57. The fraction of sp³-hybridized carbons (Fsp3) is 0.261. The molecule has 0 fully saturated rings. The number of benzene rings is 2. The second-order valence-electron chi connectivity index (χ2n) is 7.94. The van der Waals surface area contributed by atoms with Crippen molar-refractivity contribution >= 4 is 17.1 Å². The van der Waals surface area contributed by atoms with Gasteiger partial charge in [-0.05, 0) is 31.6 Å². The minimum Gasteiger partial charge on any atom is -0.358 e. The van der Waals surface area contributed by atoms with Gasteiger partial charge in [0, 0.05) is 34.5 Å². The SMILES string of the molecule is CC1(C)C(/C=C/C=C2/Nc3ccccc3C2(C)C)=[NH+]c2ccccc21. The first-order valence-electron chi connectivity index (χ1n) is 8.90. The van der Waals surface area contributed by atoms with Crippen LogP contribution >= 0.6 is 0 Å². The van der Waals surface area contributed by atoms with Gasteiger partial charge in [0.1, 0.15) is 0 Å². The van der Waals surface area contributed by atoms with Crippen molar-refractivity contribution in [1.29, 1.82) is 0 Å². The first-order chi connectivity index (χ1) is 11.9. The van der Waals surface area contributed by atoms with Crippen molar-refractivity contribution in [1.82, 2.24) is 0 Å². The molecule has 2 nitrogen and oxygen atoms in total. The minimum absolute atomic E-state index is 0.00713. The molecule has 0 radical (unpaired) electrons. The molecule has 2 aliphatic rings. The molecule has 0 atom stereocenters. The van der Waals surface area contributed by atoms with Gasteiger partial charge >= 0.3 is 0 Å². The van der Waals surface area contributed by atoms with Crippen LogP contribution in [-0.4, -0.2) is 5.71 Å². The highest BCUT2D eigenvalue weighted by Gasteiger charge is 2.39. The fourth-order valence-electron chi connectivity index (χ4n) is 3.91. The van der Waals surface area contributed by atoms with Crippen LogP contribution < -0.4 is 10.3 Å². The van der Waals surface area contributed by atoms with E-state index in [-0.39, 0.29) is 10.8 Å². The number of nitrogens with one attached hydrogen (secondary N) is 2. The van der Waals surface area contributed by atoms with Crippen LogP contribution in [-0.2, 0) is 10.8 Å². The minimum atomic E-state index is 0.00713. The predicted octanol–water partition coefficient (Wildman–Crippen LogP) is 3.97. The second kappa shape index (κ2) is 5.45. The molecule has 2 aromatic rings. The lowest BCUT2D eigenvalue weighted by Crippen LogP contribution is -2.65. The van der Waals surface area contributed by atoms with Gasteiger partial charge in [0.05, 0.1) is 5.41 Å². The van der Waals surface area contributed by atoms with Crippen LogP contribution in [0.1, 0.15) is 38.8 Å². The Morgan fingerprint density at radius 3 is 2.24 bits per heavy atom. The van der Waals surface area contributed by atoms with Gasteiger partial charge in [-0.15, -0.1) is 0 Å². The Morgan fingerprint density at radius 1 is 0.840 bits per heavy atom. The Labute approximate surface area is 150 Å². The highest BCUT2D eigenvalue weighted by atomic mass is 14.9. The zero-order valence-electron chi connectivity index (χ0n) is 15.4. The summed E-state index contributed by atoms with van der Waals surface area (Å²) in [6, 6.07) is 17.1. The van der Waals surface area contributed by atoms with Crippen molar-refractivity contribution < 1.29 is 4.99 Å². The molecule has 4 rings (SSSR count). The summed E-state index contributed by atoms with van der Waals surface area (Å²) in [6.07, 6.45) is 6.56. The van der Waals surface area contributed by atoms with Crippen LogP contribution in [0.5, 0.6) is 0 Å². The lowest BCUT2D eigenvalue weighted by Gasteiger charge is -2.20. The lowest BCUT2D eigenvalue weighted by molar-refractivity contribution is -0.349. The topological polar surface area (TPSA) is 26.0 Å². The Bertz CT molecular complexity index is 927. The molecule has 0 unspecified atom stereocenters. The third-order valence-corrected chi connectivity index (χ3v) is 5.61. The van der Waals surface area contributed by atoms with Gasteiger partial charge in [-0.25, -0.2) is 4.99 Å². The summed E-state index contributed by atoms with van der Waals surface area (Å²) in [5.74, 6) is 0. The first kappa shape index (κ1) is 15.9. The number of para-hydroxylation sites is 2. The summed E-state index contributed by atoms with van der Waals surface area (Å²) in [6.45, 7) is 9.08. The summed E-state index contributed by atoms with van der Waals surface area (Å²) in [4.78, 5) is 3.57. The molecular formula is C23H25N2+. The molecule has 25 heavy (non-hydrogen) atoms. The van der Waals surface area contributed by atoms with Crippen LogP contribution in [0.2, 0.25) is 0 Å². The maximum absolute atomic E-state index is 3.57. The zero-order chi connectivity index (χ0) is 17.7. The van der Waals surface area contributed by atoms with Crippen molar-refractivity contribution in [2.24, 2.45) is 0 Å². The van der Waals surface area contributed by atoms with E-state index in [1.165, 1.54) is 33.9 Å². The standard InChI is InChI=1S/C23H24N2/c1-22(2)16-10-5-7-12-18(16)24-20(22)14-9-15-21-23(3,4)17-11-6-8-13-19(17)25-21/h5-15,24H,1-4H3/p+1/b15-9+,20-14+. The summed E-state index contributed by atoms with van der Waals surface area (Å²) < 4.78 is 0. The third kappa shape index (κ3) is 2.44. The largest absolute Gasteiger partial charge is 0.358 e. The molecule has 0 saturated heterocycles. The predicted molar refractivity (Wildman–Crippen MR) is 105 cm³/mol. The highest BCUT2D eigenvalue weighted by Crippen LogP contribution is 2.42. The van der Waals surface area contributed by atoms with E-state index in [2.05, 4.69) is 105 Å². The maximum Gasteiger partial charge on any atom is 0.208 e. The van der Waals surface area contributed by atoms with Crippen molar-refractivity contribution in [2.75, 3.05) is 5.32 Å². The summed E-state index contributed by atoms with van der Waals surface area (Å²) in [5, 5.41) is 3.57. The van der Waals surface area contributed by atoms with Crippen molar-refractivity contribution in [3.63, 3.8) is 0 Å². The number of hydrogen-bond donors (Lipinski definition) is 2. The number of hydrogen-bond acceptors (Lipinski definition) is 1. The van der Waals surface area contributed by atoms with Crippen molar-refractivity contribution in [2.45, 2.75) is 38.5 Å². The molecule has 0 aliphatic carbocycles. The average Bonchev–Trinajstić information content (AvgIpc) is 3.00. The molecule has 0 saturated carbocycles. The van der Waals surface area contributed by atoms with Crippen LogP contribution in [0.4, 0.5) is 11.4 Å². The molecule has 0 aromatic heterocycles. The van der Waals surface area contributed by atoms with Gasteiger partial charge < -0.3 is 5.32 Å². The van der Waals surface area contributed by atoms with Gasteiger partial charge in [0.15, 0.2) is 5.71 Å². The number of anilines is 1. The molecule has 126 valence electrons. The second-order valence-corrected chi connectivity index (χ2v) is 7.94. The normalized spacial score (nSPS) is 21.1. The van der Waals surface area contributed by atoms with Gasteiger partial charge in [-0.3, -0.25) is 0 Å². The number of fused-ring (bicyclic) bond motifs is 2. The Balaban J connectivity index is 1.62. The van der Waals surface area contributed by atoms with Crippen LogP contribution in [0, 0.1) is 0 Å². The molecule has 2 N–H and O–H groups in total. The zero-order valence-corrected chi connectivity index (χ0v) is 15.4. The van der Waals surface area contributed by atoms with E-state index in [0.29, 0.717) is 0 Å². The molecule has 0 amide bonds. The molecule has 2 heteroatoms. The first-order valence-corrected chi connectivity index (χ1v) is 8.90. The smallest absolute Gasteiger partial charge is 0.208 e. The van der Waals surface area contributed by atoms with E-state index < -0.39 is 0 Å². The number of allylic oxidation sites excluding steroid dienone is 4. The molecule has 2 aliphatic heterocycles. The molecular weight excluding hydrogens is 304 g/mol. The average molecular weight is 329 g/mol. The fourth-order valence-corrected chi connectivity index (χ4v) is 3.91. The van der Waals surface area contributed by atoms with Gasteiger partial charge in [-0.2, -0.15) is 0 Å². The summed E-state index contributed by atoms with van der Waals surface area (Å²) >= 11 is 0. The molecule has 0 spiro atoms. The van der Waals surface area contributed by atoms with Crippen molar-refractivity contribution in [3.05, 3.63) is 83.6 Å². The van der Waals surface area contributed by atoms with E-state index in [1.807, 2.05) is 0 Å². The van der Waals surface area contributed by atoms with Crippen LogP contribution in [0.15, 0.2) is 72.5 Å². The molecule has 2 aromatic carbocycles. The van der Waals surface area contributed by atoms with Gasteiger partial charge in [0.25, 0.3) is 0 Å². The van der Waals surface area contributed by atoms with E-state index >= 15 is 0 Å². The van der Waals surface area contributed by atoms with E-state index in [1.54, 1.807) is 0 Å². The third-order valence-electron chi connectivity index (χ3n) is 5.61. The van der Waals surface area contributed by atoms with Gasteiger partial charge in [0.2, 0.25) is 5.69 Å². The van der Waals surface area contributed by atoms with Crippen LogP contribution in [0.25, 0.3) is 0 Å². The molecule has 2 heterocycles. The summed E-state index contributed by atoms with van der Waals surface area (Å²) in [7, 11) is 0. The summed E-state index contributed by atoms with van der Waals surface area (Å²) in [5.41, 5.74) is 7.62. The van der Waals surface area contributed by atoms with E-state index in [9.17, 15) is 0 Å². The van der Waals surface area contributed by atoms with Gasteiger partial charge in [-0.1, -0.05) is 56.3 Å². The highest BCUT2D eigenvalue weighted by molar-refractivity contribution is 6.02. The lowest BCUT2D eigenvalue weighted by atomic mass is 9.81. The Hall–Kier alpha value is -2.61. The van der Waals surface area contributed by atoms with Crippen LogP contribution in [0.3, 0.4) is 0 Å². The monoisotopic (exact) mass is 329 g/mol. The Kier molecular flexibility index (Phi) is 3.47. The van der Waals surface area contributed by atoms with E-state index in [0.717, 1.165) is 0 Å².